The van der Waals surface area contributed by atoms with E-state index in [0.29, 0.717) is 4.99 Å². The van der Waals surface area contributed by atoms with Gasteiger partial charge in [0.25, 0.3) is 0 Å². The zero-order valence-electron chi connectivity index (χ0n) is 11.7. The van der Waals surface area contributed by atoms with E-state index >= 15 is 0 Å². The van der Waals surface area contributed by atoms with E-state index in [1.165, 1.54) is 19.3 Å². The Labute approximate surface area is 120 Å². The molecule has 0 spiro atoms. The maximum atomic E-state index is 12.7. The lowest BCUT2D eigenvalue weighted by molar-refractivity contribution is -0.146. The minimum Gasteiger partial charge on any atom is -0.392 e. The van der Waals surface area contributed by atoms with Gasteiger partial charge in [0.05, 0.1) is 11.0 Å². The second-order valence-electron chi connectivity index (χ2n) is 7.03. The predicted molar refractivity (Wildman–Crippen MR) is 79.6 cm³/mol. The lowest BCUT2D eigenvalue weighted by atomic mass is 9.49. The summed E-state index contributed by atoms with van der Waals surface area (Å²) in [5.41, 5.74) is 5.61. The standard InChI is InChI=1S/C15H24N2OS/c1-2-12(13(16)19)17-14(18)15-6-9-3-10(7-15)5-11(4-9)8-15/h9-12H,2-8H2,1H3,(H2,16,19)(H,17,18). The fourth-order valence-electron chi connectivity index (χ4n) is 5.07. The molecule has 0 radical (unpaired) electrons. The third kappa shape index (κ3) is 2.28. The molecule has 4 heteroatoms. The van der Waals surface area contributed by atoms with Crippen molar-refractivity contribution >= 4 is 23.1 Å². The first-order chi connectivity index (χ1) is 9.02. The Hall–Kier alpha value is -0.640. The monoisotopic (exact) mass is 280 g/mol. The molecule has 1 unspecified atom stereocenters. The summed E-state index contributed by atoms with van der Waals surface area (Å²) in [4.78, 5) is 13.2. The second-order valence-corrected chi connectivity index (χ2v) is 7.51. The molecule has 4 aliphatic rings. The van der Waals surface area contributed by atoms with Crippen molar-refractivity contribution in [3.05, 3.63) is 0 Å². The summed E-state index contributed by atoms with van der Waals surface area (Å²) in [6, 6.07) is -0.129. The number of amides is 1. The molecule has 19 heavy (non-hydrogen) atoms. The highest BCUT2D eigenvalue weighted by atomic mass is 32.1. The summed E-state index contributed by atoms with van der Waals surface area (Å²) in [5, 5.41) is 3.12. The van der Waals surface area contributed by atoms with Gasteiger partial charge in [-0.1, -0.05) is 19.1 Å². The summed E-state index contributed by atoms with van der Waals surface area (Å²) in [7, 11) is 0. The van der Waals surface area contributed by atoms with Gasteiger partial charge in [0, 0.05) is 5.41 Å². The highest BCUT2D eigenvalue weighted by Gasteiger charge is 2.54. The molecule has 4 saturated carbocycles. The van der Waals surface area contributed by atoms with Crippen LogP contribution in [0.25, 0.3) is 0 Å². The topological polar surface area (TPSA) is 55.1 Å². The van der Waals surface area contributed by atoms with E-state index < -0.39 is 0 Å². The Balaban J connectivity index is 1.74. The third-order valence-corrected chi connectivity index (χ3v) is 5.86. The van der Waals surface area contributed by atoms with Crippen molar-refractivity contribution in [2.45, 2.75) is 57.9 Å². The van der Waals surface area contributed by atoms with Crippen LogP contribution in [-0.2, 0) is 4.79 Å². The normalized spacial score (nSPS) is 41.0. The Kier molecular flexibility index (Phi) is 3.32. The van der Waals surface area contributed by atoms with Crippen LogP contribution in [0.4, 0.5) is 0 Å². The quantitative estimate of drug-likeness (QED) is 0.777. The molecule has 0 aliphatic heterocycles. The molecule has 0 aromatic carbocycles. The lowest BCUT2D eigenvalue weighted by Crippen LogP contribution is -2.56. The maximum Gasteiger partial charge on any atom is 0.226 e. The minimum atomic E-state index is -0.129. The summed E-state index contributed by atoms with van der Waals surface area (Å²) in [5.74, 6) is 2.61. The Morgan fingerprint density at radius 1 is 1.26 bits per heavy atom. The Morgan fingerprint density at radius 3 is 2.11 bits per heavy atom. The van der Waals surface area contributed by atoms with E-state index in [-0.39, 0.29) is 17.4 Å². The summed E-state index contributed by atoms with van der Waals surface area (Å²) in [6.07, 6.45) is 8.15. The minimum absolute atomic E-state index is 0.0903. The first-order valence-corrected chi connectivity index (χ1v) is 8.03. The SMILES string of the molecule is CCC(NC(=O)C12CC3CC(CC(C3)C1)C2)C(N)=S. The number of hydrogen-bond acceptors (Lipinski definition) is 2. The van der Waals surface area contributed by atoms with Crippen molar-refractivity contribution in [1.29, 1.82) is 0 Å². The molecule has 106 valence electrons. The van der Waals surface area contributed by atoms with Gasteiger partial charge >= 0.3 is 0 Å². The predicted octanol–water partition coefficient (Wildman–Crippen LogP) is 2.38. The average molecular weight is 280 g/mol. The molecule has 3 N–H and O–H groups in total. The summed E-state index contributed by atoms with van der Waals surface area (Å²) < 4.78 is 0. The first kappa shape index (κ1) is 13.3. The molecular weight excluding hydrogens is 256 g/mol. The summed E-state index contributed by atoms with van der Waals surface area (Å²) in [6.45, 7) is 2.02. The summed E-state index contributed by atoms with van der Waals surface area (Å²) >= 11 is 5.04. The zero-order chi connectivity index (χ0) is 13.6. The molecule has 0 aromatic rings. The number of nitrogens with two attached hydrogens (primary N) is 1. The lowest BCUT2D eigenvalue weighted by Gasteiger charge is -2.55. The third-order valence-electron chi connectivity index (χ3n) is 5.58. The van der Waals surface area contributed by atoms with Gasteiger partial charge in [-0.05, 0) is 62.7 Å². The fraction of sp³-hybridized carbons (Fsp3) is 0.867. The molecule has 4 rings (SSSR count). The van der Waals surface area contributed by atoms with E-state index in [0.717, 1.165) is 43.4 Å². The van der Waals surface area contributed by atoms with Crippen molar-refractivity contribution in [2.24, 2.45) is 28.9 Å². The van der Waals surface area contributed by atoms with Gasteiger partial charge < -0.3 is 11.1 Å². The van der Waals surface area contributed by atoms with Crippen LogP contribution >= 0.6 is 12.2 Å². The van der Waals surface area contributed by atoms with Crippen molar-refractivity contribution in [3.63, 3.8) is 0 Å². The highest BCUT2D eigenvalue weighted by molar-refractivity contribution is 7.80. The van der Waals surface area contributed by atoms with E-state index in [4.69, 9.17) is 18.0 Å². The number of carbonyl (C=O) groups is 1. The highest BCUT2D eigenvalue weighted by Crippen LogP contribution is 2.60. The van der Waals surface area contributed by atoms with Crippen molar-refractivity contribution in [3.8, 4) is 0 Å². The first-order valence-electron chi connectivity index (χ1n) is 7.62. The molecular formula is C15H24N2OS. The van der Waals surface area contributed by atoms with E-state index in [2.05, 4.69) is 5.32 Å². The van der Waals surface area contributed by atoms with E-state index in [9.17, 15) is 4.79 Å². The van der Waals surface area contributed by atoms with Crippen LogP contribution in [0.2, 0.25) is 0 Å². The molecule has 3 nitrogen and oxygen atoms in total. The van der Waals surface area contributed by atoms with Gasteiger partial charge in [-0.25, -0.2) is 0 Å². The van der Waals surface area contributed by atoms with Crippen LogP contribution in [0, 0.1) is 23.2 Å². The molecule has 4 aliphatic carbocycles. The van der Waals surface area contributed by atoms with Crippen molar-refractivity contribution < 1.29 is 4.79 Å². The number of thiocarbonyl (C=S) groups is 1. The van der Waals surface area contributed by atoms with Crippen molar-refractivity contribution in [1.82, 2.24) is 5.32 Å². The van der Waals surface area contributed by atoms with E-state index in [1.54, 1.807) is 0 Å². The van der Waals surface area contributed by atoms with Crippen LogP contribution in [0.3, 0.4) is 0 Å². The largest absolute Gasteiger partial charge is 0.392 e. The van der Waals surface area contributed by atoms with Crippen LogP contribution in [0.1, 0.15) is 51.9 Å². The van der Waals surface area contributed by atoms with E-state index in [1.807, 2.05) is 6.92 Å². The van der Waals surface area contributed by atoms with Gasteiger partial charge in [0.1, 0.15) is 0 Å². The second kappa shape index (κ2) is 4.72. The molecule has 4 fully saturated rings. The van der Waals surface area contributed by atoms with Gasteiger partial charge in [-0.15, -0.1) is 0 Å². The molecule has 1 amide bonds. The molecule has 0 saturated heterocycles. The Bertz CT molecular complexity index is 372. The maximum absolute atomic E-state index is 12.7. The van der Waals surface area contributed by atoms with Crippen LogP contribution in [0.15, 0.2) is 0 Å². The fourth-order valence-corrected chi connectivity index (χ4v) is 5.30. The molecule has 0 aromatic heterocycles. The van der Waals surface area contributed by atoms with Gasteiger partial charge in [0.15, 0.2) is 0 Å². The average Bonchev–Trinajstić information content (AvgIpc) is 2.33. The molecule has 0 heterocycles. The van der Waals surface area contributed by atoms with Gasteiger partial charge in [0.2, 0.25) is 5.91 Å². The van der Waals surface area contributed by atoms with Gasteiger partial charge in [-0.2, -0.15) is 0 Å². The Morgan fingerprint density at radius 2 is 1.74 bits per heavy atom. The number of carbonyl (C=O) groups excluding carboxylic acids is 1. The molecule has 1 atom stereocenters. The molecule has 4 bridgehead atoms. The zero-order valence-corrected chi connectivity index (χ0v) is 12.5. The van der Waals surface area contributed by atoms with Crippen LogP contribution in [0.5, 0.6) is 0 Å². The van der Waals surface area contributed by atoms with Crippen LogP contribution < -0.4 is 11.1 Å². The number of hydrogen-bond donors (Lipinski definition) is 2. The van der Waals surface area contributed by atoms with Crippen molar-refractivity contribution in [2.75, 3.05) is 0 Å². The van der Waals surface area contributed by atoms with Crippen LogP contribution in [-0.4, -0.2) is 16.9 Å². The number of nitrogens with one attached hydrogen (secondary N) is 1. The van der Waals surface area contributed by atoms with Gasteiger partial charge in [-0.3, -0.25) is 4.79 Å². The number of rotatable bonds is 4. The smallest absolute Gasteiger partial charge is 0.226 e.